The number of carbonyl (C=O) groups excluding carboxylic acids is 1. The summed E-state index contributed by atoms with van der Waals surface area (Å²) >= 11 is 3.16. The van der Waals surface area contributed by atoms with Gasteiger partial charge in [0.1, 0.15) is 5.82 Å². The van der Waals surface area contributed by atoms with Crippen molar-refractivity contribution in [1.29, 1.82) is 0 Å². The van der Waals surface area contributed by atoms with E-state index in [0.717, 1.165) is 19.4 Å². The van der Waals surface area contributed by atoms with Crippen LogP contribution in [0.15, 0.2) is 22.7 Å². The smallest absolute Gasteiger partial charge is 0.238 e. The summed E-state index contributed by atoms with van der Waals surface area (Å²) in [6.07, 6.45) is 1.28. The number of aliphatic hydroxyl groups excluding tert-OH is 1. The molecular weight excluding hydrogens is 315 g/mol. The van der Waals surface area contributed by atoms with Crippen LogP contribution >= 0.6 is 15.9 Å². The van der Waals surface area contributed by atoms with E-state index in [4.69, 9.17) is 0 Å². The monoisotopic (exact) mass is 330 g/mol. The summed E-state index contributed by atoms with van der Waals surface area (Å²) in [5.41, 5.74) is 0.172. The number of amides is 1. The van der Waals surface area contributed by atoms with Crippen molar-refractivity contribution in [3.05, 3.63) is 28.5 Å². The van der Waals surface area contributed by atoms with Crippen molar-refractivity contribution in [2.45, 2.75) is 18.9 Å². The average molecular weight is 331 g/mol. The number of benzene rings is 1. The molecule has 0 spiro atoms. The Balaban J connectivity index is 1.90. The minimum atomic E-state index is -0.471. The Bertz CT molecular complexity index is 470. The van der Waals surface area contributed by atoms with Gasteiger partial charge in [0.05, 0.1) is 18.3 Å². The lowest BCUT2D eigenvalue weighted by Crippen LogP contribution is -2.42. The number of hydrogen-bond donors (Lipinski definition) is 2. The summed E-state index contributed by atoms with van der Waals surface area (Å²) in [6, 6.07) is 4.49. The molecule has 4 nitrogen and oxygen atoms in total. The number of rotatable bonds is 3. The van der Waals surface area contributed by atoms with Crippen LogP contribution in [0.2, 0.25) is 0 Å². The number of aliphatic hydroxyl groups is 1. The standard InChI is InChI=1S/C13H16BrFN2O2/c14-9-3-4-12(11(15)6-9)16-13(19)8-17-5-1-2-10(18)7-17/h3-4,6,10,18H,1-2,5,7-8H2,(H,16,19)/t10-/m0/s1. The summed E-state index contributed by atoms with van der Waals surface area (Å²) in [5, 5.41) is 12.1. The van der Waals surface area contributed by atoms with Crippen LogP contribution < -0.4 is 5.32 Å². The number of halogens is 2. The fourth-order valence-electron chi connectivity index (χ4n) is 2.16. The van der Waals surface area contributed by atoms with Gasteiger partial charge in [-0.25, -0.2) is 4.39 Å². The first-order valence-corrected chi connectivity index (χ1v) is 6.99. The molecule has 1 heterocycles. The van der Waals surface area contributed by atoms with Crippen molar-refractivity contribution >= 4 is 27.5 Å². The van der Waals surface area contributed by atoms with Crippen molar-refractivity contribution in [3.63, 3.8) is 0 Å². The topological polar surface area (TPSA) is 52.6 Å². The van der Waals surface area contributed by atoms with Crippen LogP contribution in [0, 0.1) is 5.82 Å². The molecule has 0 aromatic heterocycles. The molecule has 0 aliphatic carbocycles. The van der Waals surface area contributed by atoms with E-state index in [1.807, 2.05) is 4.90 Å². The van der Waals surface area contributed by atoms with Gasteiger partial charge >= 0.3 is 0 Å². The van der Waals surface area contributed by atoms with Gasteiger partial charge < -0.3 is 10.4 Å². The molecule has 0 saturated carbocycles. The Morgan fingerprint density at radius 3 is 3.05 bits per heavy atom. The van der Waals surface area contributed by atoms with E-state index in [-0.39, 0.29) is 24.2 Å². The van der Waals surface area contributed by atoms with Gasteiger partial charge in [-0.05, 0) is 37.6 Å². The molecule has 0 unspecified atom stereocenters. The highest BCUT2D eigenvalue weighted by Gasteiger charge is 2.20. The molecule has 1 aromatic carbocycles. The molecule has 1 aliphatic heterocycles. The zero-order chi connectivity index (χ0) is 13.8. The number of hydrogen-bond acceptors (Lipinski definition) is 3. The lowest BCUT2D eigenvalue weighted by Gasteiger charge is -2.29. The van der Waals surface area contributed by atoms with Crippen LogP contribution in [0.1, 0.15) is 12.8 Å². The van der Waals surface area contributed by atoms with Gasteiger partial charge in [-0.15, -0.1) is 0 Å². The zero-order valence-corrected chi connectivity index (χ0v) is 12.0. The highest BCUT2D eigenvalue weighted by molar-refractivity contribution is 9.10. The number of likely N-dealkylation sites (tertiary alicyclic amines) is 1. The zero-order valence-electron chi connectivity index (χ0n) is 10.4. The molecule has 19 heavy (non-hydrogen) atoms. The second-order valence-corrected chi connectivity index (χ2v) is 5.62. The van der Waals surface area contributed by atoms with Crippen LogP contribution in [0.5, 0.6) is 0 Å². The van der Waals surface area contributed by atoms with Gasteiger partial charge in [0.25, 0.3) is 0 Å². The minimum Gasteiger partial charge on any atom is -0.392 e. The van der Waals surface area contributed by atoms with Crippen LogP contribution in [-0.4, -0.2) is 41.7 Å². The molecule has 1 saturated heterocycles. The Hall–Kier alpha value is -0.980. The van der Waals surface area contributed by atoms with Crippen LogP contribution in [0.4, 0.5) is 10.1 Å². The van der Waals surface area contributed by atoms with Crippen molar-refractivity contribution in [3.8, 4) is 0 Å². The maximum Gasteiger partial charge on any atom is 0.238 e. The third-order valence-corrected chi connectivity index (χ3v) is 3.55. The van der Waals surface area contributed by atoms with E-state index >= 15 is 0 Å². The van der Waals surface area contributed by atoms with E-state index in [1.54, 1.807) is 6.07 Å². The molecule has 0 bridgehead atoms. The number of nitrogens with zero attached hydrogens (tertiary/aromatic N) is 1. The lowest BCUT2D eigenvalue weighted by molar-refractivity contribution is -0.118. The number of carbonyl (C=O) groups is 1. The normalized spacial score (nSPS) is 20.3. The van der Waals surface area contributed by atoms with Crippen LogP contribution in [-0.2, 0) is 4.79 Å². The predicted octanol–water partition coefficient (Wildman–Crippen LogP) is 1.98. The fourth-order valence-corrected chi connectivity index (χ4v) is 2.49. The summed E-state index contributed by atoms with van der Waals surface area (Å²) < 4.78 is 14.2. The number of β-amino-alcohol motifs (C(OH)–C–C–N with tert-alkyl or cyclic N) is 1. The number of anilines is 1. The fraction of sp³-hybridized carbons (Fsp3) is 0.462. The molecule has 1 fully saturated rings. The summed E-state index contributed by atoms with van der Waals surface area (Å²) in [6.45, 7) is 1.45. The van der Waals surface area contributed by atoms with Crippen molar-refractivity contribution in [2.75, 3.05) is 25.0 Å². The minimum absolute atomic E-state index is 0.172. The molecule has 1 amide bonds. The molecule has 2 N–H and O–H groups in total. The molecule has 6 heteroatoms. The van der Waals surface area contributed by atoms with Gasteiger partial charge in [-0.3, -0.25) is 9.69 Å². The van der Waals surface area contributed by atoms with E-state index in [2.05, 4.69) is 21.2 Å². The summed E-state index contributed by atoms with van der Waals surface area (Å²) in [7, 11) is 0. The van der Waals surface area contributed by atoms with E-state index in [1.165, 1.54) is 12.1 Å². The van der Waals surface area contributed by atoms with Gasteiger partial charge in [0.15, 0.2) is 0 Å². The molecule has 104 valence electrons. The molecule has 1 aliphatic rings. The predicted molar refractivity (Wildman–Crippen MR) is 74.4 cm³/mol. The Morgan fingerprint density at radius 2 is 2.37 bits per heavy atom. The molecular formula is C13H16BrFN2O2. The number of nitrogens with one attached hydrogen (secondary N) is 1. The van der Waals surface area contributed by atoms with Gasteiger partial charge in [0.2, 0.25) is 5.91 Å². The second kappa shape index (κ2) is 6.45. The van der Waals surface area contributed by atoms with Crippen LogP contribution in [0.25, 0.3) is 0 Å². The Kier molecular flexibility index (Phi) is 4.90. The first-order chi connectivity index (χ1) is 9.04. The molecule has 2 rings (SSSR count). The van der Waals surface area contributed by atoms with E-state index < -0.39 is 5.82 Å². The van der Waals surface area contributed by atoms with Crippen molar-refractivity contribution in [1.82, 2.24) is 4.90 Å². The lowest BCUT2D eigenvalue weighted by atomic mass is 10.1. The summed E-state index contributed by atoms with van der Waals surface area (Å²) in [4.78, 5) is 13.7. The maximum absolute atomic E-state index is 13.6. The van der Waals surface area contributed by atoms with E-state index in [0.29, 0.717) is 11.0 Å². The highest BCUT2D eigenvalue weighted by Crippen LogP contribution is 2.19. The van der Waals surface area contributed by atoms with Crippen molar-refractivity contribution in [2.24, 2.45) is 0 Å². The first kappa shape index (κ1) is 14.4. The highest BCUT2D eigenvalue weighted by atomic mass is 79.9. The molecule has 1 atom stereocenters. The molecule has 1 aromatic rings. The van der Waals surface area contributed by atoms with E-state index in [9.17, 15) is 14.3 Å². The average Bonchev–Trinajstić information content (AvgIpc) is 2.33. The quantitative estimate of drug-likeness (QED) is 0.891. The maximum atomic E-state index is 13.6. The van der Waals surface area contributed by atoms with Gasteiger partial charge in [-0.2, -0.15) is 0 Å². The third-order valence-electron chi connectivity index (χ3n) is 3.05. The summed E-state index contributed by atoms with van der Waals surface area (Å²) in [5.74, 6) is -0.739. The SMILES string of the molecule is O=C(CN1CCC[C@H](O)C1)Nc1ccc(Br)cc1F. The van der Waals surface area contributed by atoms with Gasteiger partial charge in [-0.1, -0.05) is 15.9 Å². The third kappa shape index (κ3) is 4.26. The Morgan fingerprint density at radius 1 is 1.58 bits per heavy atom. The number of piperidine rings is 1. The Labute approximate surface area is 119 Å². The van der Waals surface area contributed by atoms with Crippen molar-refractivity contribution < 1.29 is 14.3 Å². The van der Waals surface area contributed by atoms with Gasteiger partial charge in [0, 0.05) is 11.0 Å². The molecule has 0 radical (unpaired) electrons. The second-order valence-electron chi connectivity index (χ2n) is 4.70. The first-order valence-electron chi connectivity index (χ1n) is 6.20. The van der Waals surface area contributed by atoms with Crippen LogP contribution in [0.3, 0.4) is 0 Å². The largest absolute Gasteiger partial charge is 0.392 e.